The molecule has 3 heterocycles. The van der Waals surface area contributed by atoms with Crippen LogP contribution in [0.4, 0.5) is 0 Å². The fourth-order valence-corrected chi connectivity index (χ4v) is 3.61. The predicted molar refractivity (Wildman–Crippen MR) is 97.6 cm³/mol. The number of nitrogens with one attached hydrogen (secondary N) is 1. The van der Waals surface area contributed by atoms with Crippen molar-refractivity contribution in [3.63, 3.8) is 0 Å². The number of amides is 2. The summed E-state index contributed by atoms with van der Waals surface area (Å²) < 4.78 is 0. The Morgan fingerprint density at radius 3 is 2.92 bits per heavy atom. The molecule has 7 heteroatoms. The number of aromatic nitrogens is 1. The van der Waals surface area contributed by atoms with Gasteiger partial charge in [-0.05, 0) is 37.2 Å². The molecule has 1 aliphatic rings. The molecule has 1 atom stereocenters. The normalized spacial score (nSPS) is 16.6. The van der Waals surface area contributed by atoms with Crippen LogP contribution in [0.15, 0.2) is 35.8 Å². The Bertz CT molecular complexity index is 745. The summed E-state index contributed by atoms with van der Waals surface area (Å²) >= 11 is 1.42. The molecule has 2 amide bonds. The molecule has 6 nitrogen and oxygen atoms in total. The highest BCUT2D eigenvalue weighted by Gasteiger charge is 2.34. The Balaban J connectivity index is 1.79. The second-order valence-electron chi connectivity index (χ2n) is 6.36. The van der Waals surface area contributed by atoms with E-state index in [-0.39, 0.29) is 11.8 Å². The van der Waals surface area contributed by atoms with E-state index in [0.29, 0.717) is 24.5 Å². The maximum Gasteiger partial charge on any atom is 0.264 e. The van der Waals surface area contributed by atoms with Crippen molar-refractivity contribution in [3.8, 4) is 0 Å². The van der Waals surface area contributed by atoms with Crippen LogP contribution in [0, 0.1) is 0 Å². The molecule has 1 aliphatic heterocycles. The zero-order valence-corrected chi connectivity index (χ0v) is 15.3. The second kappa shape index (κ2) is 7.76. The summed E-state index contributed by atoms with van der Waals surface area (Å²) in [4.78, 5) is 34.3. The first-order chi connectivity index (χ1) is 12.1. The van der Waals surface area contributed by atoms with Gasteiger partial charge in [-0.3, -0.25) is 14.6 Å². The van der Waals surface area contributed by atoms with E-state index < -0.39 is 5.92 Å². The zero-order valence-electron chi connectivity index (χ0n) is 14.4. The van der Waals surface area contributed by atoms with Crippen LogP contribution >= 0.6 is 11.3 Å². The van der Waals surface area contributed by atoms with Crippen LogP contribution in [0.5, 0.6) is 0 Å². The maximum atomic E-state index is 12.7. The number of nitrogens with zero attached hydrogens (tertiary/aromatic N) is 3. The standard InChI is InChI=1S/C18H22N4O2S/c1-21(2)9-8-20-17(23)14-12-22(18(24)15-6-4-10-25-15)11-13-5-3-7-19-16(13)14/h3-7,10,14H,8-9,11-12H2,1-2H3,(H,20,23). The molecule has 0 aromatic carbocycles. The maximum absolute atomic E-state index is 12.7. The summed E-state index contributed by atoms with van der Waals surface area (Å²) in [5, 5.41) is 4.85. The van der Waals surface area contributed by atoms with Gasteiger partial charge in [-0.15, -0.1) is 11.3 Å². The monoisotopic (exact) mass is 358 g/mol. The second-order valence-corrected chi connectivity index (χ2v) is 7.31. The summed E-state index contributed by atoms with van der Waals surface area (Å²) in [6, 6.07) is 7.47. The van der Waals surface area contributed by atoms with Crippen LogP contribution in [-0.4, -0.2) is 60.3 Å². The van der Waals surface area contributed by atoms with Crippen LogP contribution in [0.3, 0.4) is 0 Å². The van der Waals surface area contributed by atoms with Crippen molar-refractivity contribution in [3.05, 3.63) is 52.0 Å². The average molecular weight is 358 g/mol. The number of carbonyl (C=O) groups excluding carboxylic acids is 2. The Morgan fingerprint density at radius 2 is 2.20 bits per heavy atom. The van der Waals surface area contributed by atoms with E-state index in [1.165, 1.54) is 11.3 Å². The highest BCUT2D eigenvalue weighted by atomic mass is 32.1. The molecule has 0 spiro atoms. The highest BCUT2D eigenvalue weighted by molar-refractivity contribution is 7.12. The van der Waals surface area contributed by atoms with E-state index in [1.54, 1.807) is 11.1 Å². The fourth-order valence-electron chi connectivity index (χ4n) is 2.92. The van der Waals surface area contributed by atoms with Gasteiger partial charge in [0.25, 0.3) is 5.91 Å². The quantitative estimate of drug-likeness (QED) is 0.881. The van der Waals surface area contributed by atoms with Gasteiger partial charge in [-0.2, -0.15) is 0 Å². The Morgan fingerprint density at radius 1 is 1.36 bits per heavy atom. The number of hydrogen-bond acceptors (Lipinski definition) is 5. The number of rotatable bonds is 5. The van der Waals surface area contributed by atoms with Crippen LogP contribution in [0.2, 0.25) is 0 Å². The molecule has 1 unspecified atom stereocenters. The van der Waals surface area contributed by atoms with Crippen molar-refractivity contribution in [1.82, 2.24) is 20.1 Å². The molecule has 0 aliphatic carbocycles. The van der Waals surface area contributed by atoms with E-state index in [2.05, 4.69) is 10.3 Å². The Hall–Kier alpha value is -2.25. The minimum absolute atomic E-state index is 0.0319. The van der Waals surface area contributed by atoms with Gasteiger partial charge in [0.05, 0.1) is 16.5 Å². The first-order valence-corrected chi connectivity index (χ1v) is 9.13. The molecule has 0 radical (unpaired) electrons. The highest BCUT2D eigenvalue weighted by Crippen LogP contribution is 2.28. The lowest BCUT2D eigenvalue weighted by Gasteiger charge is -2.33. The van der Waals surface area contributed by atoms with Gasteiger partial charge in [-0.25, -0.2) is 0 Å². The number of likely N-dealkylation sites (N-methyl/N-ethyl adjacent to an activating group) is 1. The molecule has 25 heavy (non-hydrogen) atoms. The largest absolute Gasteiger partial charge is 0.354 e. The molecule has 0 saturated carbocycles. The van der Waals surface area contributed by atoms with Crippen LogP contribution in [0.25, 0.3) is 0 Å². The predicted octanol–water partition coefficient (Wildman–Crippen LogP) is 1.56. The van der Waals surface area contributed by atoms with Gasteiger partial charge in [0.1, 0.15) is 0 Å². The topological polar surface area (TPSA) is 65.5 Å². The van der Waals surface area contributed by atoms with E-state index >= 15 is 0 Å². The first kappa shape index (κ1) is 17.6. The summed E-state index contributed by atoms with van der Waals surface area (Å²) in [6.45, 7) is 2.19. The van der Waals surface area contributed by atoms with Crippen molar-refractivity contribution < 1.29 is 9.59 Å². The Kier molecular flexibility index (Phi) is 5.45. The Labute approximate surface area is 151 Å². The number of pyridine rings is 1. The molecule has 1 N–H and O–H groups in total. The van der Waals surface area contributed by atoms with Crippen molar-refractivity contribution in [2.75, 3.05) is 33.7 Å². The molecule has 2 aromatic heterocycles. The number of carbonyl (C=O) groups is 2. The zero-order chi connectivity index (χ0) is 17.8. The fraction of sp³-hybridized carbons (Fsp3) is 0.389. The minimum Gasteiger partial charge on any atom is -0.354 e. The first-order valence-electron chi connectivity index (χ1n) is 8.25. The summed E-state index contributed by atoms with van der Waals surface area (Å²) in [5.74, 6) is -0.544. The lowest BCUT2D eigenvalue weighted by atomic mass is 9.93. The van der Waals surface area contributed by atoms with Crippen molar-refractivity contribution in [1.29, 1.82) is 0 Å². The van der Waals surface area contributed by atoms with Gasteiger partial charge in [-0.1, -0.05) is 12.1 Å². The number of fused-ring (bicyclic) bond motifs is 1. The third-order valence-electron chi connectivity index (χ3n) is 4.21. The SMILES string of the molecule is CN(C)CCNC(=O)C1CN(C(=O)c2cccs2)Cc2cccnc21. The van der Waals surface area contributed by atoms with Crippen LogP contribution in [-0.2, 0) is 11.3 Å². The molecule has 3 rings (SSSR count). The van der Waals surface area contributed by atoms with Gasteiger partial charge in [0.2, 0.25) is 5.91 Å². The van der Waals surface area contributed by atoms with Crippen molar-refractivity contribution in [2.24, 2.45) is 0 Å². The van der Waals surface area contributed by atoms with Gasteiger partial charge in [0.15, 0.2) is 0 Å². The van der Waals surface area contributed by atoms with E-state index in [4.69, 9.17) is 0 Å². The van der Waals surface area contributed by atoms with Gasteiger partial charge in [0, 0.05) is 32.4 Å². The summed E-state index contributed by atoms with van der Waals surface area (Å²) in [6.07, 6.45) is 1.70. The van der Waals surface area contributed by atoms with E-state index in [9.17, 15) is 9.59 Å². The van der Waals surface area contributed by atoms with Crippen LogP contribution < -0.4 is 5.32 Å². The molecular weight excluding hydrogens is 336 g/mol. The molecule has 132 valence electrons. The van der Waals surface area contributed by atoms with E-state index in [1.807, 2.05) is 48.6 Å². The lowest BCUT2D eigenvalue weighted by molar-refractivity contribution is -0.123. The summed E-state index contributed by atoms with van der Waals surface area (Å²) in [5.41, 5.74) is 1.71. The minimum atomic E-state index is -0.434. The average Bonchev–Trinajstić information content (AvgIpc) is 3.14. The van der Waals surface area contributed by atoms with Gasteiger partial charge >= 0.3 is 0 Å². The van der Waals surface area contributed by atoms with Crippen molar-refractivity contribution in [2.45, 2.75) is 12.5 Å². The number of hydrogen-bond donors (Lipinski definition) is 1. The molecule has 2 aromatic rings. The van der Waals surface area contributed by atoms with Crippen molar-refractivity contribution >= 4 is 23.2 Å². The lowest BCUT2D eigenvalue weighted by Crippen LogP contribution is -2.45. The number of thiophene rings is 1. The molecular formula is C18H22N4O2S. The molecule has 0 fully saturated rings. The molecule has 0 saturated heterocycles. The summed E-state index contributed by atoms with van der Waals surface area (Å²) in [7, 11) is 3.93. The third-order valence-corrected chi connectivity index (χ3v) is 5.07. The van der Waals surface area contributed by atoms with E-state index in [0.717, 1.165) is 17.8 Å². The van der Waals surface area contributed by atoms with Crippen LogP contribution in [0.1, 0.15) is 26.8 Å². The third kappa shape index (κ3) is 4.05. The smallest absolute Gasteiger partial charge is 0.264 e. The van der Waals surface area contributed by atoms with Gasteiger partial charge < -0.3 is 15.1 Å². The molecule has 0 bridgehead atoms.